The Balaban J connectivity index is 1.92. The number of rotatable bonds is 3. The van der Waals surface area contributed by atoms with Gasteiger partial charge in [-0.15, -0.1) is 0 Å². The van der Waals surface area contributed by atoms with Crippen LogP contribution in [0.15, 0.2) is 18.2 Å². The van der Waals surface area contributed by atoms with E-state index >= 15 is 0 Å². The highest BCUT2D eigenvalue weighted by Gasteiger charge is 2.75. The minimum Gasteiger partial charge on any atom is -0.387 e. The van der Waals surface area contributed by atoms with Crippen LogP contribution in [0.2, 0.25) is 5.02 Å². The number of anilines is 1. The Hall–Kier alpha value is -1.96. The number of nitrogens with zero attached hydrogens (tertiary/aromatic N) is 1. The lowest BCUT2D eigenvalue weighted by Crippen LogP contribution is -3.00. The fraction of sp³-hybridized carbons (Fsp3) is 0.526. The number of aliphatic hydroxyl groups is 1. The lowest BCUT2D eigenvalue weighted by atomic mass is 9.76. The molecule has 1 spiro atoms. The Labute approximate surface area is 162 Å². The lowest BCUT2D eigenvalue weighted by molar-refractivity contribution is -0.738. The second-order valence-electron chi connectivity index (χ2n) is 7.80. The Morgan fingerprint density at radius 3 is 2.63 bits per heavy atom. The molecule has 2 saturated heterocycles. The van der Waals surface area contributed by atoms with Crippen molar-refractivity contribution in [3.63, 3.8) is 0 Å². The zero-order valence-electron chi connectivity index (χ0n) is 15.4. The molecule has 8 heteroatoms. The summed E-state index contributed by atoms with van der Waals surface area (Å²) in [7, 11) is 0. The summed E-state index contributed by atoms with van der Waals surface area (Å²) in [4.78, 5) is 40.9. The first-order valence-corrected chi connectivity index (χ1v) is 9.64. The molecule has 6 atom stereocenters. The standard InChI is InChI=1S/C19H22ClN3O4/c1-4-8(2)23-16(25)13-14(17(23)26)19(22-15(13)9(3)24)11-7-10(20)5-6-12(11)21-18(19)27/h5-9,13-15,22,24H,4H2,1-3H3,(H,21,27)/p+1/t8-,9+,13-,14-,15-,19-/m0/s1. The molecule has 27 heavy (non-hydrogen) atoms. The fourth-order valence-electron chi connectivity index (χ4n) is 4.94. The van der Waals surface area contributed by atoms with E-state index in [0.717, 1.165) is 0 Å². The van der Waals surface area contributed by atoms with Crippen molar-refractivity contribution < 1.29 is 24.8 Å². The van der Waals surface area contributed by atoms with E-state index in [0.29, 0.717) is 22.7 Å². The summed E-state index contributed by atoms with van der Waals surface area (Å²) in [6.45, 7) is 5.32. The Morgan fingerprint density at radius 2 is 2.00 bits per heavy atom. The number of nitrogens with one attached hydrogen (secondary N) is 1. The Bertz CT molecular complexity index is 857. The monoisotopic (exact) mass is 392 g/mol. The molecule has 1 aromatic rings. The summed E-state index contributed by atoms with van der Waals surface area (Å²) in [5, 5.41) is 15.3. The van der Waals surface area contributed by atoms with Crippen LogP contribution in [0.1, 0.15) is 32.8 Å². The number of hydrogen-bond donors (Lipinski definition) is 3. The number of carbonyl (C=O) groups excluding carboxylic acids is 3. The van der Waals surface area contributed by atoms with Crippen LogP contribution < -0.4 is 10.6 Å². The highest BCUT2D eigenvalue weighted by atomic mass is 35.5. The summed E-state index contributed by atoms with van der Waals surface area (Å²) in [5.74, 6) is -2.60. The van der Waals surface area contributed by atoms with E-state index in [9.17, 15) is 19.5 Å². The number of imide groups is 1. The van der Waals surface area contributed by atoms with Gasteiger partial charge in [-0.2, -0.15) is 0 Å². The van der Waals surface area contributed by atoms with Gasteiger partial charge in [-0.1, -0.05) is 18.5 Å². The van der Waals surface area contributed by atoms with Gasteiger partial charge in [0.1, 0.15) is 24.0 Å². The molecule has 144 valence electrons. The van der Waals surface area contributed by atoms with Crippen LogP contribution >= 0.6 is 11.6 Å². The zero-order chi connectivity index (χ0) is 19.7. The van der Waals surface area contributed by atoms with Crippen LogP contribution in [0.4, 0.5) is 5.69 Å². The number of carbonyl (C=O) groups is 3. The van der Waals surface area contributed by atoms with Gasteiger partial charge >= 0.3 is 0 Å². The van der Waals surface area contributed by atoms with Gasteiger partial charge in [0.15, 0.2) is 0 Å². The molecule has 3 aliphatic heterocycles. The van der Waals surface area contributed by atoms with Crippen molar-refractivity contribution in [1.29, 1.82) is 0 Å². The van der Waals surface area contributed by atoms with E-state index < -0.39 is 29.5 Å². The van der Waals surface area contributed by atoms with E-state index in [4.69, 9.17) is 11.6 Å². The molecule has 0 unspecified atom stereocenters. The third-order valence-corrected chi connectivity index (χ3v) is 6.62. The first kappa shape index (κ1) is 18.4. The van der Waals surface area contributed by atoms with Crippen molar-refractivity contribution in [3.8, 4) is 0 Å². The third-order valence-electron chi connectivity index (χ3n) is 6.39. The molecule has 4 rings (SSSR count). The summed E-state index contributed by atoms with van der Waals surface area (Å²) in [6.07, 6.45) is -0.233. The summed E-state index contributed by atoms with van der Waals surface area (Å²) in [6, 6.07) is 4.21. The molecule has 2 fully saturated rings. The summed E-state index contributed by atoms with van der Waals surface area (Å²) in [5.41, 5.74) is -0.0974. The van der Waals surface area contributed by atoms with Crippen LogP contribution in [0.25, 0.3) is 0 Å². The highest BCUT2D eigenvalue weighted by Crippen LogP contribution is 2.50. The van der Waals surface area contributed by atoms with Crippen LogP contribution in [-0.4, -0.2) is 45.9 Å². The van der Waals surface area contributed by atoms with Gasteiger partial charge < -0.3 is 15.7 Å². The molecule has 3 amide bonds. The minimum atomic E-state index is -1.29. The number of benzene rings is 1. The first-order valence-electron chi connectivity index (χ1n) is 9.26. The number of quaternary nitrogens is 1. The average molecular weight is 393 g/mol. The maximum Gasteiger partial charge on any atom is 0.291 e. The predicted molar refractivity (Wildman–Crippen MR) is 97.7 cm³/mol. The smallest absolute Gasteiger partial charge is 0.291 e. The van der Waals surface area contributed by atoms with Gasteiger partial charge in [0.25, 0.3) is 5.91 Å². The second kappa shape index (κ2) is 6.02. The third kappa shape index (κ3) is 2.25. The number of aliphatic hydroxyl groups excluding tert-OH is 1. The second-order valence-corrected chi connectivity index (χ2v) is 8.24. The maximum absolute atomic E-state index is 13.4. The number of likely N-dealkylation sites (tertiary alicyclic amines) is 1. The van der Waals surface area contributed by atoms with Crippen molar-refractivity contribution in [2.75, 3.05) is 5.32 Å². The Kier molecular flexibility index (Phi) is 4.10. The Morgan fingerprint density at radius 1 is 1.30 bits per heavy atom. The van der Waals surface area contributed by atoms with Gasteiger partial charge in [0.05, 0.1) is 5.69 Å². The lowest BCUT2D eigenvalue weighted by Gasteiger charge is -2.29. The van der Waals surface area contributed by atoms with Crippen molar-refractivity contribution >= 4 is 35.0 Å². The topological polar surface area (TPSA) is 103 Å². The summed E-state index contributed by atoms with van der Waals surface area (Å²) < 4.78 is 0. The van der Waals surface area contributed by atoms with E-state index in [1.807, 2.05) is 13.8 Å². The van der Waals surface area contributed by atoms with Gasteiger partial charge in [-0.05, 0) is 38.5 Å². The van der Waals surface area contributed by atoms with Crippen LogP contribution in [0.3, 0.4) is 0 Å². The molecule has 0 radical (unpaired) electrons. The largest absolute Gasteiger partial charge is 0.387 e. The zero-order valence-corrected chi connectivity index (χ0v) is 16.2. The number of amides is 3. The molecular formula is C19H23ClN3O4+. The molecular weight excluding hydrogens is 370 g/mol. The average Bonchev–Trinajstić information content (AvgIpc) is 3.20. The molecule has 3 aliphatic rings. The first-order chi connectivity index (χ1) is 12.7. The number of halogens is 1. The molecule has 0 saturated carbocycles. The van der Waals surface area contributed by atoms with Crippen molar-refractivity contribution in [2.24, 2.45) is 11.8 Å². The van der Waals surface area contributed by atoms with Gasteiger partial charge in [-0.25, -0.2) is 0 Å². The SMILES string of the molecule is CC[C@H](C)N1C(=O)[C@@H]2[C@H]([C@@H](C)O)[NH2+][C@]3(C(=O)Nc4ccc(Cl)cc43)[C@@H]2C1=O. The molecule has 0 bridgehead atoms. The predicted octanol–water partition coefficient (Wildman–Crippen LogP) is 0.214. The normalized spacial score (nSPS) is 34.0. The number of fused-ring (bicyclic) bond motifs is 4. The molecule has 0 aliphatic carbocycles. The van der Waals surface area contributed by atoms with Crippen molar-refractivity contribution in [3.05, 3.63) is 28.8 Å². The molecule has 1 aromatic carbocycles. The van der Waals surface area contributed by atoms with E-state index in [2.05, 4.69) is 5.32 Å². The molecule has 7 nitrogen and oxygen atoms in total. The number of nitrogens with two attached hydrogens (primary N) is 1. The van der Waals surface area contributed by atoms with E-state index in [1.165, 1.54) is 4.90 Å². The van der Waals surface area contributed by atoms with Crippen LogP contribution in [0.5, 0.6) is 0 Å². The maximum atomic E-state index is 13.4. The summed E-state index contributed by atoms with van der Waals surface area (Å²) >= 11 is 6.18. The fourth-order valence-corrected chi connectivity index (χ4v) is 5.11. The highest BCUT2D eigenvalue weighted by molar-refractivity contribution is 6.31. The van der Waals surface area contributed by atoms with Gasteiger partial charge in [0.2, 0.25) is 17.4 Å². The molecule has 0 aromatic heterocycles. The van der Waals surface area contributed by atoms with Gasteiger partial charge in [0, 0.05) is 16.6 Å². The van der Waals surface area contributed by atoms with Gasteiger partial charge in [-0.3, -0.25) is 19.3 Å². The van der Waals surface area contributed by atoms with Crippen LogP contribution in [-0.2, 0) is 19.9 Å². The van der Waals surface area contributed by atoms with E-state index in [-0.39, 0.29) is 23.8 Å². The van der Waals surface area contributed by atoms with E-state index in [1.54, 1.807) is 30.4 Å². The van der Waals surface area contributed by atoms with Crippen molar-refractivity contribution in [1.82, 2.24) is 4.90 Å². The number of hydrogen-bond acceptors (Lipinski definition) is 4. The molecule has 4 N–H and O–H groups in total. The van der Waals surface area contributed by atoms with Crippen LogP contribution in [0, 0.1) is 11.8 Å². The minimum absolute atomic E-state index is 0.259. The molecule has 3 heterocycles. The quantitative estimate of drug-likeness (QED) is 0.640. The van der Waals surface area contributed by atoms with Crippen molar-refractivity contribution in [2.45, 2.75) is 50.9 Å².